The number of hydrogen-bond donors (Lipinski definition) is 0. The number of ether oxygens (including phenoxy) is 1. The van der Waals surface area contributed by atoms with Gasteiger partial charge in [0, 0.05) is 5.69 Å². The molecular weight excluding hydrogens is 467 g/mol. The average molecular weight is 483 g/mol. The van der Waals surface area contributed by atoms with E-state index in [1.807, 2.05) is 0 Å². The van der Waals surface area contributed by atoms with Gasteiger partial charge in [0.15, 0.2) is 0 Å². The summed E-state index contributed by atoms with van der Waals surface area (Å²) < 4.78 is 47.0. The fraction of sp³-hybridized carbons (Fsp3) is 0.261. The zero-order chi connectivity index (χ0) is 24.9. The van der Waals surface area contributed by atoms with Gasteiger partial charge in [-0.15, -0.1) is 5.10 Å². The van der Waals surface area contributed by atoms with Gasteiger partial charge in [-0.25, -0.2) is 14.2 Å². The Hall–Kier alpha value is -4.40. The zero-order valence-electron chi connectivity index (χ0n) is 18.0. The van der Waals surface area contributed by atoms with Crippen LogP contribution in [0, 0.1) is 11.3 Å². The Balaban J connectivity index is 1.62. The van der Waals surface area contributed by atoms with Crippen LogP contribution in [0.5, 0.6) is 0 Å². The Bertz CT molecular complexity index is 1500. The van der Waals surface area contributed by atoms with Crippen molar-refractivity contribution >= 4 is 11.8 Å². The number of nitrogens with zero attached hydrogens (tertiary/aromatic N) is 5. The van der Waals surface area contributed by atoms with Gasteiger partial charge < -0.3 is 4.74 Å². The highest BCUT2D eigenvalue weighted by molar-refractivity contribution is 5.89. The van der Waals surface area contributed by atoms with Gasteiger partial charge in [0.25, 0.3) is 5.56 Å². The van der Waals surface area contributed by atoms with E-state index in [1.165, 1.54) is 29.2 Å². The van der Waals surface area contributed by atoms with E-state index in [1.54, 1.807) is 18.2 Å². The first-order valence-corrected chi connectivity index (χ1v) is 10.6. The summed E-state index contributed by atoms with van der Waals surface area (Å²) in [6, 6.07) is 10.4. The molecule has 0 bridgehead atoms. The molecule has 1 unspecified atom stereocenters. The minimum Gasteiger partial charge on any atom is -0.447 e. The zero-order valence-corrected chi connectivity index (χ0v) is 18.0. The number of aromatic nitrogens is 3. The van der Waals surface area contributed by atoms with Gasteiger partial charge in [0.05, 0.1) is 23.8 Å². The van der Waals surface area contributed by atoms with Gasteiger partial charge in [0.1, 0.15) is 12.7 Å². The first-order valence-electron chi connectivity index (χ1n) is 10.6. The molecule has 2 aromatic carbocycles. The molecule has 12 heteroatoms. The molecule has 1 atom stereocenters. The summed E-state index contributed by atoms with van der Waals surface area (Å²) in [7, 11) is 0. The number of amides is 1. The lowest BCUT2D eigenvalue weighted by atomic mass is 10.0. The van der Waals surface area contributed by atoms with Gasteiger partial charge in [-0.2, -0.15) is 23.1 Å². The van der Waals surface area contributed by atoms with Crippen LogP contribution < -0.4 is 16.1 Å². The molecule has 1 amide bonds. The Morgan fingerprint density at radius 2 is 1.77 bits per heavy atom. The maximum absolute atomic E-state index is 13.5. The Morgan fingerprint density at radius 1 is 1.06 bits per heavy atom. The van der Waals surface area contributed by atoms with E-state index >= 15 is 0 Å². The van der Waals surface area contributed by atoms with Crippen LogP contribution in [0.2, 0.25) is 0 Å². The number of halogens is 3. The SMILES string of the molecule is N#Cc1nn(-c2ccc(N3CCOC3=O)cc2)c(=O)n(C2CCc3c2cccc3C(F)(F)F)c1=O. The monoisotopic (exact) mass is 483 g/mol. The number of nitriles is 1. The highest BCUT2D eigenvalue weighted by Crippen LogP contribution is 2.41. The van der Waals surface area contributed by atoms with Gasteiger partial charge >= 0.3 is 18.0 Å². The van der Waals surface area contributed by atoms with E-state index in [0.717, 1.165) is 15.3 Å². The van der Waals surface area contributed by atoms with Crippen molar-refractivity contribution in [1.82, 2.24) is 14.3 Å². The standard InChI is InChI=1S/C23H16F3N5O4/c24-23(25,26)17-3-1-2-16-15(17)8-9-19(16)30-20(32)18(12-27)28-31(21(30)33)14-6-4-13(5-7-14)29-10-11-35-22(29)34/h1-7,19H,8-11H2. The van der Waals surface area contributed by atoms with Crippen molar-refractivity contribution in [3.8, 4) is 11.8 Å². The molecule has 178 valence electrons. The molecule has 2 aliphatic rings. The summed E-state index contributed by atoms with van der Waals surface area (Å²) in [6.45, 7) is 0.609. The van der Waals surface area contributed by atoms with Gasteiger partial charge in [-0.1, -0.05) is 12.1 Å². The predicted molar refractivity (Wildman–Crippen MR) is 115 cm³/mol. The third kappa shape index (κ3) is 3.65. The number of benzene rings is 2. The minimum absolute atomic E-state index is 0.0202. The van der Waals surface area contributed by atoms with Crippen molar-refractivity contribution in [2.45, 2.75) is 25.1 Å². The van der Waals surface area contributed by atoms with Crippen molar-refractivity contribution < 1.29 is 22.7 Å². The fourth-order valence-electron chi connectivity index (χ4n) is 4.57. The highest BCUT2D eigenvalue weighted by Gasteiger charge is 2.38. The highest BCUT2D eigenvalue weighted by atomic mass is 19.4. The average Bonchev–Trinajstić information content (AvgIpc) is 3.45. The summed E-state index contributed by atoms with van der Waals surface area (Å²) in [5.41, 5.74) is -2.28. The lowest BCUT2D eigenvalue weighted by molar-refractivity contribution is -0.138. The van der Waals surface area contributed by atoms with Crippen LogP contribution in [-0.2, 0) is 17.3 Å². The minimum atomic E-state index is -4.58. The normalized spacial score (nSPS) is 17.3. The number of anilines is 1. The first-order chi connectivity index (χ1) is 16.7. The maximum Gasteiger partial charge on any atom is 0.416 e. The molecule has 9 nitrogen and oxygen atoms in total. The molecular formula is C23H16F3N5O4. The molecule has 2 heterocycles. The van der Waals surface area contributed by atoms with Crippen LogP contribution >= 0.6 is 0 Å². The molecule has 1 fully saturated rings. The third-order valence-corrected chi connectivity index (χ3v) is 6.14. The van der Waals surface area contributed by atoms with Crippen molar-refractivity contribution in [3.63, 3.8) is 0 Å². The summed E-state index contributed by atoms with van der Waals surface area (Å²) in [6.07, 6.45) is -4.98. The molecule has 3 aromatic rings. The molecule has 0 N–H and O–H groups in total. The third-order valence-electron chi connectivity index (χ3n) is 6.14. The predicted octanol–water partition coefficient (Wildman–Crippen LogP) is 2.78. The van der Waals surface area contributed by atoms with E-state index < -0.39 is 40.8 Å². The van der Waals surface area contributed by atoms with E-state index in [9.17, 15) is 32.8 Å². The number of carbonyl (C=O) groups is 1. The van der Waals surface area contributed by atoms with Gasteiger partial charge in [-0.05, 0) is 54.3 Å². The van der Waals surface area contributed by atoms with Crippen molar-refractivity contribution in [2.24, 2.45) is 0 Å². The molecule has 1 aliphatic heterocycles. The van der Waals surface area contributed by atoms with Gasteiger partial charge in [-0.3, -0.25) is 9.69 Å². The largest absolute Gasteiger partial charge is 0.447 e. The molecule has 35 heavy (non-hydrogen) atoms. The van der Waals surface area contributed by atoms with Crippen LogP contribution in [0.1, 0.15) is 34.8 Å². The molecule has 5 rings (SSSR count). The molecule has 0 spiro atoms. The van der Waals surface area contributed by atoms with Crippen molar-refractivity contribution in [1.29, 1.82) is 5.26 Å². The Morgan fingerprint density at radius 3 is 2.40 bits per heavy atom. The quantitative estimate of drug-likeness (QED) is 0.567. The van der Waals surface area contributed by atoms with Crippen LogP contribution in [-0.4, -0.2) is 33.6 Å². The Labute approximate surface area is 195 Å². The number of alkyl halides is 3. The second-order valence-corrected chi connectivity index (χ2v) is 8.04. The number of hydrogen-bond acceptors (Lipinski definition) is 6. The summed E-state index contributed by atoms with van der Waals surface area (Å²) in [5.74, 6) is 0. The smallest absolute Gasteiger partial charge is 0.416 e. The second kappa shape index (κ2) is 8.12. The molecule has 0 saturated carbocycles. The number of carbonyl (C=O) groups excluding carboxylic acids is 1. The number of fused-ring (bicyclic) bond motifs is 1. The van der Waals surface area contributed by atoms with Crippen molar-refractivity contribution in [3.05, 3.63) is 85.7 Å². The van der Waals surface area contributed by atoms with Crippen LogP contribution in [0.3, 0.4) is 0 Å². The first kappa shape index (κ1) is 22.4. The lowest BCUT2D eigenvalue weighted by Gasteiger charge is -2.18. The summed E-state index contributed by atoms with van der Waals surface area (Å²) >= 11 is 0. The fourth-order valence-corrected chi connectivity index (χ4v) is 4.57. The van der Waals surface area contributed by atoms with Gasteiger partial charge in [0.2, 0.25) is 5.69 Å². The van der Waals surface area contributed by atoms with E-state index in [2.05, 4.69) is 5.10 Å². The summed E-state index contributed by atoms with van der Waals surface area (Å²) in [5, 5.41) is 13.3. The second-order valence-electron chi connectivity index (χ2n) is 8.04. The van der Waals surface area contributed by atoms with Crippen LogP contribution in [0.25, 0.3) is 5.69 Å². The van der Waals surface area contributed by atoms with E-state index in [4.69, 9.17) is 4.74 Å². The molecule has 1 aromatic heterocycles. The van der Waals surface area contributed by atoms with Crippen molar-refractivity contribution in [2.75, 3.05) is 18.1 Å². The molecule has 1 aliphatic carbocycles. The number of cyclic esters (lactones) is 1. The number of rotatable bonds is 3. The van der Waals surface area contributed by atoms with Crippen LogP contribution in [0.4, 0.5) is 23.7 Å². The van der Waals surface area contributed by atoms with Crippen LogP contribution in [0.15, 0.2) is 52.1 Å². The lowest BCUT2D eigenvalue weighted by Crippen LogP contribution is -2.44. The summed E-state index contributed by atoms with van der Waals surface area (Å²) in [4.78, 5) is 39.5. The Kier molecular flexibility index (Phi) is 5.20. The molecule has 1 saturated heterocycles. The van der Waals surface area contributed by atoms with E-state index in [-0.39, 0.29) is 36.3 Å². The topological polar surface area (TPSA) is 110 Å². The van der Waals surface area contributed by atoms with E-state index in [0.29, 0.717) is 12.2 Å². The maximum atomic E-state index is 13.5. The molecule has 0 radical (unpaired) electrons.